The van der Waals surface area contributed by atoms with Crippen molar-refractivity contribution in [3.63, 3.8) is 0 Å². The third kappa shape index (κ3) is 3.64. The van der Waals surface area contributed by atoms with Gasteiger partial charge in [0.15, 0.2) is 5.03 Å². The molecule has 1 fully saturated rings. The zero-order valence-corrected chi connectivity index (χ0v) is 13.9. The van der Waals surface area contributed by atoms with Crippen LogP contribution in [0, 0.1) is 5.92 Å². The van der Waals surface area contributed by atoms with Gasteiger partial charge in [-0.2, -0.15) is 4.31 Å². The lowest BCUT2D eigenvalue weighted by molar-refractivity contribution is 0.202. The Morgan fingerprint density at radius 3 is 2.76 bits per heavy atom. The lowest BCUT2D eigenvalue weighted by Crippen LogP contribution is -2.51. The summed E-state index contributed by atoms with van der Waals surface area (Å²) >= 11 is 0. The number of piperidine rings is 1. The number of hydrogen-bond donors (Lipinski definition) is 1. The number of nitrogens with one attached hydrogen (secondary N) is 1. The second-order valence-corrected chi connectivity index (χ2v) is 7.64. The summed E-state index contributed by atoms with van der Waals surface area (Å²) in [5.74, 6) is 0.365. The first-order chi connectivity index (χ1) is 9.98. The van der Waals surface area contributed by atoms with Crippen molar-refractivity contribution in [2.24, 2.45) is 13.0 Å². The molecular weight excluding hydrogens is 288 g/mol. The van der Waals surface area contributed by atoms with Gasteiger partial charge in [-0.15, -0.1) is 0 Å². The summed E-state index contributed by atoms with van der Waals surface area (Å²) in [7, 11) is -1.67. The molecule has 120 valence electrons. The summed E-state index contributed by atoms with van der Waals surface area (Å²) in [6.45, 7) is 6.42. The largest absolute Gasteiger partial charge is 0.339 e. The minimum Gasteiger partial charge on any atom is -0.339 e. The molecule has 2 unspecified atom stereocenters. The molecule has 1 aliphatic rings. The maximum absolute atomic E-state index is 12.6. The van der Waals surface area contributed by atoms with E-state index in [-0.39, 0.29) is 5.03 Å². The molecule has 0 spiro atoms. The second kappa shape index (κ2) is 6.89. The first-order valence-electron chi connectivity index (χ1n) is 7.70. The number of hydrogen-bond acceptors (Lipinski definition) is 4. The van der Waals surface area contributed by atoms with Gasteiger partial charge in [-0.1, -0.05) is 20.3 Å². The normalized spacial score (nSPS) is 24.3. The van der Waals surface area contributed by atoms with Gasteiger partial charge in [0.1, 0.15) is 0 Å². The zero-order valence-electron chi connectivity index (χ0n) is 13.1. The van der Waals surface area contributed by atoms with Crippen LogP contribution >= 0.6 is 0 Å². The monoisotopic (exact) mass is 314 g/mol. The first-order valence-corrected chi connectivity index (χ1v) is 9.14. The van der Waals surface area contributed by atoms with Crippen LogP contribution in [0.2, 0.25) is 0 Å². The Morgan fingerprint density at radius 1 is 1.43 bits per heavy atom. The van der Waals surface area contributed by atoms with Gasteiger partial charge in [0.05, 0.1) is 6.33 Å². The Labute approximate surface area is 127 Å². The molecule has 0 aliphatic carbocycles. The lowest BCUT2D eigenvalue weighted by atomic mass is 9.91. The molecule has 1 aromatic rings. The van der Waals surface area contributed by atoms with Crippen molar-refractivity contribution in [1.29, 1.82) is 0 Å². The Morgan fingerprint density at radius 2 is 2.19 bits per heavy atom. The molecule has 7 heteroatoms. The SMILES string of the molecule is CCCNC1CCN(S(=O)(=O)c2cn(C)cn2)CC1CC. The van der Waals surface area contributed by atoms with E-state index in [0.29, 0.717) is 25.0 Å². The van der Waals surface area contributed by atoms with Crippen LogP contribution in [0.3, 0.4) is 0 Å². The fourth-order valence-corrected chi connectivity index (χ4v) is 4.36. The number of nitrogens with zero attached hydrogens (tertiary/aromatic N) is 3. The summed E-state index contributed by atoms with van der Waals surface area (Å²) in [4.78, 5) is 4.00. The van der Waals surface area contributed by atoms with Crippen LogP contribution in [0.25, 0.3) is 0 Å². The van der Waals surface area contributed by atoms with Crippen molar-refractivity contribution in [1.82, 2.24) is 19.2 Å². The summed E-state index contributed by atoms with van der Waals surface area (Å²) < 4.78 is 28.5. The molecule has 0 aromatic carbocycles. The Kier molecular flexibility index (Phi) is 5.40. The molecule has 1 N–H and O–H groups in total. The van der Waals surface area contributed by atoms with Crippen molar-refractivity contribution >= 4 is 10.0 Å². The van der Waals surface area contributed by atoms with E-state index in [1.165, 1.54) is 6.33 Å². The van der Waals surface area contributed by atoms with E-state index in [9.17, 15) is 8.42 Å². The van der Waals surface area contributed by atoms with Crippen LogP contribution in [-0.2, 0) is 17.1 Å². The molecule has 6 nitrogen and oxygen atoms in total. The lowest BCUT2D eigenvalue weighted by Gasteiger charge is -2.37. The smallest absolute Gasteiger partial charge is 0.262 e. The Balaban J connectivity index is 2.09. The van der Waals surface area contributed by atoms with Crippen molar-refractivity contribution < 1.29 is 8.42 Å². The van der Waals surface area contributed by atoms with E-state index in [0.717, 1.165) is 25.8 Å². The van der Waals surface area contributed by atoms with Crippen molar-refractivity contribution in [3.05, 3.63) is 12.5 Å². The van der Waals surface area contributed by atoms with Crippen molar-refractivity contribution in [2.75, 3.05) is 19.6 Å². The third-order valence-electron chi connectivity index (χ3n) is 4.16. The standard InChI is InChI=1S/C14H26N4O2S/c1-4-7-15-13-6-8-18(9-12(13)5-2)21(19,20)14-10-17(3)11-16-14/h10-13,15H,4-9H2,1-3H3. The van der Waals surface area contributed by atoms with Gasteiger partial charge in [-0.25, -0.2) is 13.4 Å². The van der Waals surface area contributed by atoms with Crippen LogP contribution in [0.1, 0.15) is 33.1 Å². The predicted octanol–water partition coefficient (Wildman–Crippen LogP) is 1.21. The molecule has 2 rings (SSSR count). The van der Waals surface area contributed by atoms with E-state index >= 15 is 0 Å². The Hall–Kier alpha value is -0.920. The summed E-state index contributed by atoms with van der Waals surface area (Å²) in [5, 5.41) is 3.70. The predicted molar refractivity (Wildman–Crippen MR) is 82.4 cm³/mol. The highest BCUT2D eigenvalue weighted by Gasteiger charge is 2.35. The molecule has 0 amide bonds. The van der Waals surface area contributed by atoms with Crippen LogP contribution < -0.4 is 5.32 Å². The van der Waals surface area contributed by atoms with E-state index in [4.69, 9.17) is 0 Å². The number of aromatic nitrogens is 2. The van der Waals surface area contributed by atoms with E-state index < -0.39 is 10.0 Å². The summed E-state index contributed by atoms with van der Waals surface area (Å²) in [6.07, 6.45) is 6.04. The third-order valence-corrected chi connectivity index (χ3v) is 5.91. The van der Waals surface area contributed by atoms with E-state index in [1.54, 1.807) is 22.1 Å². The average molecular weight is 314 g/mol. The minimum absolute atomic E-state index is 0.153. The van der Waals surface area contributed by atoms with Crippen molar-refractivity contribution in [2.45, 2.75) is 44.2 Å². The fourth-order valence-electron chi connectivity index (χ4n) is 2.88. The molecule has 2 atom stereocenters. The number of imidazole rings is 1. The molecular formula is C14H26N4O2S. The zero-order chi connectivity index (χ0) is 15.5. The molecule has 21 heavy (non-hydrogen) atoms. The number of sulfonamides is 1. The van der Waals surface area contributed by atoms with Gasteiger partial charge >= 0.3 is 0 Å². The average Bonchev–Trinajstić information content (AvgIpc) is 2.92. The summed E-state index contributed by atoms with van der Waals surface area (Å²) in [5.41, 5.74) is 0. The number of aryl methyl sites for hydroxylation is 1. The molecule has 1 saturated heterocycles. The topological polar surface area (TPSA) is 67.2 Å². The van der Waals surface area contributed by atoms with Gasteiger partial charge in [-0.05, 0) is 25.3 Å². The molecule has 2 heterocycles. The van der Waals surface area contributed by atoms with Gasteiger partial charge < -0.3 is 9.88 Å². The first kappa shape index (κ1) is 16.5. The maximum atomic E-state index is 12.6. The highest BCUT2D eigenvalue weighted by molar-refractivity contribution is 7.89. The van der Waals surface area contributed by atoms with Crippen molar-refractivity contribution in [3.8, 4) is 0 Å². The van der Waals surface area contributed by atoms with Crippen LogP contribution in [-0.4, -0.2) is 48.0 Å². The molecule has 1 aliphatic heterocycles. The van der Waals surface area contributed by atoms with Gasteiger partial charge in [0.2, 0.25) is 0 Å². The maximum Gasteiger partial charge on any atom is 0.262 e. The molecule has 1 aromatic heterocycles. The van der Waals surface area contributed by atoms with E-state index in [2.05, 4.69) is 24.1 Å². The summed E-state index contributed by atoms with van der Waals surface area (Å²) in [6, 6.07) is 0.421. The van der Waals surface area contributed by atoms with E-state index in [1.807, 2.05) is 0 Å². The van der Waals surface area contributed by atoms with Gasteiger partial charge in [0, 0.05) is 32.4 Å². The fraction of sp³-hybridized carbons (Fsp3) is 0.786. The molecule has 0 saturated carbocycles. The van der Waals surface area contributed by atoms with Crippen LogP contribution in [0.5, 0.6) is 0 Å². The molecule has 0 radical (unpaired) electrons. The van der Waals surface area contributed by atoms with Gasteiger partial charge in [-0.3, -0.25) is 0 Å². The highest BCUT2D eigenvalue weighted by atomic mass is 32.2. The second-order valence-electron chi connectivity index (χ2n) is 5.76. The van der Waals surface area contributed by atoms with Crippen LogP contribution in [0.4, 0.5) is 0 Å². The minimum atomic E-state index is -3.45. The Bertz CT molecular complexity index is 555. The highest BCUT2D eigenvalue weighted by Crippen LogP contribution is 2.25. The number of rotatable bonds is 6. The quantitative estimate of drug-likeness (QED) is 0.857. The molecule has 0 bridgehead atoms. The van der Waals surface area contributed by atoms with Crippen LogP contribution in [0.15, 0.2) is 17.6 Å². The van der Waals surface area contributed by atoms with Gasteiger partial charge in [0.25, 0.3) is 10.0 Å².